The van der Waals surface area contributed by atoms with E-state index in [-0.39, 0.29) is 0 Å². The van der Waals surface area contributed by atoms with Gasteiger partial charge in [0.1, 0.15) is 0 Å². The Balaban J connectivity index is 2.64. The van der Waals surface area contributed by atoms with Crippen LogP contribution in [-0.4, -0.2) is 24.4 Å². The summed E-state index contributed by atoms with van der Waals surface area (Å²) in [6.45, 7) is 2.36. The van der Waals surface area contributed by atoms with Gasteiger partial charge in [-0.25, -0.2) is 0 Å². The number of aliphatic hydroxyl groups is 1. The van der Waals surface area contributed by atoms with Crippen LogP contribution in [0.5, 0.6) is 0 Å². The zero-order valence-corrected chi connectivity index (χ0v) is 10.8. The smallest absolute Gasteiger partial charge is 0.0925 e. The maximum atomic E-state index is 10.1. The standard InChI is InChI=1S/C10H15BrO2S/c1-3-10(12,7-13-2)5-9-4-8(11)6-14-9/h4,6,12H,3,5,7H2,1-2H3. The SMILES string of the molecule is CCC(O)(COC)Cc1cc(Br)cs1. The Morgan fingerprint density at radius 2 is 2.36 bits per heavy atom. The topological polar surface area (TPSA) is 29.5 Å². The molecule has 2 nitrogen and oxygen atoms in total. The maximum Gasteiger partial charge on any atom is 0.0925 e. The number of methoxy groups -OCH3 is 1. The van der Waals surface area contributed by atoms with Gasteiger partial charge in [0.25, 0.3) is 0 Å². The van der Waals surface area contributed by atoms with Crippen molar-refractivity contribution in [3.63, 3.8) is 0 Å². The molecular weight excluding hydrogens is 264 g/mol. The van der Waals surface area contributed by atoms with E-state index in [4.69, 9.17) is 4.74 Å². The van der Waals surface area contributed by atoms with Gasteiger partial charge in [-0.3, -0.25) is 0 Å². The van der Waals surface area contributed by atoms with E-state index in [0.29, 0.717) is 19.4 Å². The second kappa shape index (κ2) is 5.26. The van der Waals surface area contributed by atoms with Gasteiger partial charge in [0.05, 0.1) is 12.2 Å². The molecule has 1 aromatic rings. The summed E-state index contributed by atoms with van der Waals surface area (Å²) >= 11 is 5.05. The van der Waals surface area contributed by atoms with Crippen LogP contribution < -0.4 is 0 Å². The Labute approximate surface area is 97.0 Å². The van der Waals surface area contributed by atoms with E-state index in [1.807, 2.05) is 18.4 Å². The molecule has 0 aliphatic heterocycles. The van der Waals surface area contributed by atoms with E-state index in [1.54, 1.807) is 18.4 Å². The second-order valence-electron chi connectivity index (χ2n) is 3.42. The van der Waals surface area contributed by atoms with Crippen molar-refractivity contribution in [2.45, 2.75) is 25.4 Å². The van der Waals surface area contributed by atoms with Crippen molar-refractivity contribution in [2.24, 2.45) is 0 Å². The van der Waals surface area contributed by atoms with E-state index in [0.717, 1.165) is 4.47 Å². The first-order chi connectivity index (χ1) is 6.59. The van der Waals surface area contributed by atoms with Crippen LogP contribution in [0.4, 0.5) is 0 Å². The van der Waals surface area contributed by atoms with Crippen molar-refractivity contribution in [1.29, 1.82) is 0 Å². The molecule has 0 fully saturated rings. The number of halogens is 1. The van der Waals surface area contributed by atoms with Crippen molar-refractivity contribution in [1.82, 2.24) is 0 Å². The van der Waals surface area contributed by atoms with Crippen LogP contribution in [0.1, 0.15) is 18.2 Å². The zero-order valence-electron chi connectivity index (χ0n) is 8.42. The molecule has 0 spiro atoms. The Bertz CT molecular complexity index is 287. The predicted molar refractivity (Wildman–Crippen MR) is 62.8 cm³/mol. The molecule has 1 atom stereocenters. The van der Waals surface area contributed by atoms with Gasteiger partial charge in [0.15, 0.2) is 0 Å². The third-order valence-electron chi connectivity index (χ3n) is 2.20. The number of ether oxygens (including phenoxy) is 1. The van der Waals surface area contributed by atoms with E-state index < -0.39 is 5.60 Å². The Morgan fingerprint density at radius 3 is 2.79 bits per heavy atom. The highest BCUT2D eigenvalue weighted by Crippen LogP contribution is 2.25. The Hall–Kier alpha value is 0.1000. The van der Waals surface area contributed by atoms with Crippen molar-refractivity contribution in [2.75, 3.05) is 13.7 Å². The highest BCUT2D eigenvalue weighted by Gasteiger charge is 2.25. The van der Waals surface area contributed by atoms with Crippen LogP contribution in [0.15, 0.2) is 15.9 Å². The number of hydrogen-bond acceptors (Lipinski definition) is 3. The fraction of sp³-hybridized carbons (Fsp3) is 0.600. The molecule has 14 heavy (non-hydrogen) atoms. The van der Waals surface area contributed by atoms with Crippen molar-refractivity contribution in [3.05, 3.63) is 20.8 Å². The molecule has 1 N–H and O–H groups in total. The first-order valence-electron chi connectivity index (χ1n) is 4.54. The molecule has 0 saturated carbocycles. The van der Waals surface area contributed by atoms with Gasteiger partial charge in [-0.05, 0) is 28.4 Å². The number of thiophene rings is 1. The lowest BCUT2D eigenvalue weighted by atomic mass is 9.97. The van der Waals surface area contributed by atoms with Gasteiger partial charge in [0, 0.05) is 28.3 Å². The van der Waals surface area contributed by atoms with Crippen molar-refractivity contribution in [3.8, 4) is 0 Å². The van der Waals surface area contributed by atoms with Gasteiger partial charge in [-0.15, -0.1) is 11.3 Å². The monoisotopic (exact) mass is 278 g/mol. The summed E-state index contributed by atoms with van der Waals surface area (Å²) in [5, 5.41) is 12.2. The normalized spacial score (nSPS) is 15.4. The summed E-state index contributed by atoms with van der Waals surface area (Å²) < 4.78 is 6.10. The van der Waals surface area contributed by atoms with Gasteiger partial charge in [-0.2, -0.15) is 0 Å². The second-order valence-corrected chi connectivity index (χ2v) is 5.33. The molecule has 0 radical (unpaired) electrons. The van der Waals surface area contributed by atoms with E-state index in [2.05, 4.69) is 15.9 Å². The highest BCUT2D eigenvalue weighted by molar-refractivity contribution is 9.10. The maximum absolute atomic E-state index is 10.1. The van der Waals surface area contributed by atoms with Crippen LogP contribution >= 0.6 is 27.3 Å². The third-order valence-corrected chi connectivity index (χ3v) is 3.89. The fourth-order valence-corrected chi connectivity index (χ4v) is 2.90. The van der Waals surface area contributed by atoms with E-state index in [9.17, 15) is 5.11 Å². The van der Waals surface area contributed by atoms with Gasteiger partial charge in [0.2, 0.25) is 0 Å². The fourth-order valence-electron chi connectivity index (χ4n) is 1.32. The minimum Gasteiger partial charge on any atom is -0.387 e. The first-order valence-corrected chi connectivity index (χ1v) is 6.21. The highest BCUT2D eigenvalue weighted by atomic mass is 79.9. The third kappa shape index (κ3) is 3.35. The van der Waals surface area contributed by atoms with Crippen LogP contribution in [-0.2, 0) is 11.2 Å². The lowest BCUT2D eigenvalue weighted by Gasteiger charge is -2.25. The molecule has 4 heteroatoms. The summed E-state index contributed by atoms with van der Waals surface area (Å²) in [6.07, 6.45) is 1.37. The molecule has 0 aliphatic rings. The predicted octanol–water partition coefficient (Wildman–Crippen LogP) is 2.84. The van der Waals surface area contributed by atoms with Gasteiger partial charge >= 0.3 is 0 Å². The number of rotatable bonds is 5. The molecule has 1 aromatic heterocycles. The summed E-state index contributed by atoms with van der Waals surface area (Å²) in [7, 11) is 1.62. The summed E-state index contributed by atoms with van der Waals surface area (Å²) in [4.78, 5) is 1.18. The summed E-state index contributed by atoms with van der Waals surface area (Å²) in [6, 6.07) is 2.04. The molecule has 0 saturated heterocycles. The van der Waals surface area contributed by atoms with Crippen LogP contribution in [0.2, 0.25) is 0 Å². The molecule has 1 unspecified atom stereocenters. The van der Waals surface area contributed by atoms with Crippen molar-refractivity contribution < 1.29 is 9.84 Å². The quantitative estimate of drug-likeness (QED) is 0.898. The largest absolute Gasteiger partial charge is 0.387 e. The lowest BCUT2D eigenvalue weighted by Crippen LogP contribution is -2.35. The van der Waals surface area contributed by atoms with Gasteiger partial charge < -0.3 is 9.84 Å². The molecule has 0 bridgehead atoms. The summed E-state index contributed by atoms with van der Waals surface area (Å²) in [5.74, 6) is 0. The van der Waals surface area contributed by atoms with E-state index in [1.165, 1.54) is 4.88 Å². The van der Waals surface area contributed by atoms with Crippen LogP contribution in [0.3, 0.4) is 0 Å². The lowest BCUT2D eigenvalue weighted by molar-refractivity contribution is -0.0327. The molecular formula is C10H15BrO2S. The number of hydrogen-bond donors (Lipinski definition) is 1. The molecule has 0 amide bonds. The molecule has 0 aliphatic carbocycles. The summed E-state index contributed by atoms with van der Waals surface area (Å²) in [5.41, 5.74) is -0.723. The van der Waals surface area contributed by atoms with E-state index >= 15 is 0 Å². The Morgan fingerprint density at radius 1 is 1.64 bits per heavy atom. The minimum absolute atomic E-state index is 0.388. The minimum atomic E-state index is -0.723. The Kier molecular flexibility index (Phi) is 4.57. The first kappa shape index (κ1) is 12.2. The average Bonchev–Trinajstić information content (AvgIpc) is 2.51. The van der Waals surface area contributed by atoms with Crippen molar-refractivity contribution >= 4 is 27.3 Å². The van der Waals surface area contributed by atoms with Crippen LogP contribution in [0.25, 0.3) is 0 Å². The molecule has 1 rings (SSSR count). The van der Waals surface area contributed by atoms with Gasteiger partial charge in [-0.1, -0.05) is 6.92 Å². The molecule has 80 valence electrons. The molecule has 0 aromatic carbocycles. The zero-order chi connectivity index (χ0) is 10.6. The average molecular weight is 279 g/mol. The molecule has 1 heterocycles. The van der Waals surface area contributed by atoms with Crippen LogP contribution in [0, 0.1) is 0 Å².